The first kappa shape index (κ1) is 17.5. The van der Waals surface area contributed by atoms with Crippen LogP contribution in [0.5, 0.6) is 11.5 Å². The van der Waals surface area contributed by atoms with Gasteiger partial charge in [0.05, 0.1) is 25.6 Å². The van der Waals surface area contributed by atoms with E-state index in [4.69, 9.17) is 14.2 Å². The highest BCUT2D eigenvalue weighted by molar-refractivity contribution is 5.87. The van der Waals surface area contributed by atoms with E-state index in [1.54, 1.807) is 32.4 Å². The summed E-state index contributed by atoms with van der Waals surface area (Å²) in [5, 5.41) is 0. The first-order valence-electron chi connectivity index (χ1n) is 8.12. The molecule has 6 heteroatoms. The van der Waals surface area contributed by atoms with Crippen LogP contribution in [0, 0.1) is 6.92 Å². The topological polar surface area (TPSA) is 62.1 Å². The van der Waals surface area contributed by atoms with Crippen LogP contribution in [0.1, 0.15) is 17.0 Å². The van der Waals surface area contributed by atoms with Gasteiger partial charge in [-0.25, -0.2) is 9.78 Å². The van der Waals surface area contributed by atoms with E-state index in [9.17, 15) is 4.79 Å². The van der Waals surface area contributed by atoms with Gasteiger partial charge in [0, 0.05) is 12.3 Å². The average molecular weight is 352 g/mol. The van der Waals surface area contributed by atoms with Crippen molar-refractivity contribution in [3.63, 3.8) is 0 Å². The molecule has 134 valence electrons. The number of aryl methyl sites for hydroxylation is 1. The molecule has 1 aromatic carbocycles. The number of pyridine rings is 1. The predicted octanol–water partition coefficient (Wildman–Crippen LogP) is 3.42. The van der Waals surface area contributed by atoms with Crippen LogP contribution in [-0.2, 0) is 16.1 Å². The highest BCUT2D eigenvalue weighted by Crippen LogP contribution is 2.28. The summed E-state index contributed by atoms with van der Waals surface area (Å²) >= 11 is 0. The lowest BCUT2D eigenvalue weighted by Crippen LogP contribution is -2.04. The molecular weight excluding hydrogens is 332 g/mol. The maximum absolute atomic E-state index is 12.0. The zero-order chi connectivity index (χ0) is 18.5. The highest BCUT2D eigenvalue weighted by atomic mass is 16.5. The summed E-state index contributed by atoms with van der Waals surface area (Å²) in [5.41, 5.74) is 3.34. The highest BCUT2D eigenvalue weighted by Gasteiger charge is 2.10. The Morgan fingerprint density at radius 3 is 2.73 bits per heavy atom. The van der Waals surface area contributed by atoms with Gasteiger partial charge in [0.2, 0.25) is 0 Å². The molecule has 0 N–H and O–H groups in total. The fourth-order valence-electron chi connectivity index (χ4n) is 2.65. The minimum atomic E-state index is -0.426. The van der Waals surface area contributed by atoms with Gasteiger partial charge in [0.25, 0.3) is 0 Å². The van der Waals surface area contributed by atoms with Crippen LogP contribution >= 0.6 is 0 Å². The van der Waals surface area contributed by atoms with Gasteiger partial charge in [0.1, 0.15) is 12.3 Å². The molecule has 6 nitrogen and oxygen atoms in total. The van der Waals surface area contributed by atoms with E-state index >= 15 is 0 Å². The van der Waals surface area contributed by atoms with E-state index in [-0.39, 0.29) is 6.61 Å². The zero-order valence-electron chi connectivity index (χ0n) is 14.9. The standard InChI is InChI=1S/C20H20N2O4/c1-14-16(22-11-5-4-6-19(22)21-14)13-26-20(23)10-8-15-7-9-17(24-2)18(12-15)25-3/h4-12H,13H2,1-3H3/b10-8+. The molecule has 0 saturated heterocycles. The number of ether oxygens (including phenoxy) is 3. The van der Waals surface area contributed by atoms with Crippen LogP contribution in [0.2, 0.25) is 0 Å². The number of hydrogen-bond acceptors (Lipinski definition) is 5. The van der Waals surface area contributed by atoms with Gasteiger partial charge in [-0.1, -0.05) is 12.1 Å². The Balaban J connectivity index is 1.67. The predicted molar refractivity (Wildman–Crippen MR) is 98.3 cm³/mol. The van der Waals surface area contributed by atoms with Crippen molar-refractivity contribution in [3.05, 3.63) is 65.6 Å². The van der Waals surface area contributed by atoms with E-state index in [1.165, 1.54) is 6.08 Å². The Kier molecular flexibility index (Phi) is 5.22. The van der Waals surface area contributed by atoms with E-state index in [2.05, 4.69) is 4.98 Å². The van der Waals surface area contributed by atoms with Gasteiger partial charge in [-0.3, -0.25) is 0 Å². The van der Waals surface area contributed by atoms with Crippen molar-refractivity contribution in [2.75, 3.05) is 14.2 Å². The quantitative estimate of drug-likeness (QED) is 0.502. The molecule has 0 fully saturated rings. The summed E-state index contributed by atoms with van der Waals surface area (Å²) in [6.07, 6.45) is 4.96. The molecular formula is C20H20N2O4. The van der Waals surface area contributed by atoms with Crippen LogP contribution < -0.4 is 9.47 Å². The van der Waals surface area contributed by atoms with Crippen LogP contribution in [-0.4, -0.2) is 29.6 Å². The molecule has 0 unspecified atom stereocenters. The summed E-state index contributed by atoms with van der Waals surface area (Å²) in [6, 6.07) is 11.2. The van der Waals surface area contributed by atoms with Gasteiger partial charge in [-0.2, -0.15) is 0 Å². The molecule has 0 aliphatic carbocycles. The number of imidazole rings is 1. The summed E-state index contributed by atoms with van der Waals surface area (Å²) in [5.74, 6) is 0.810. The van der Waals surface area contributed by atoms with E-state index in [1.807, 2.05) is 41.8 Å². The normalized spacial score (nSPS) is 11.0. The molecule has 0 spiro atoms. The minimum Gasteiger partial charge on any atom is -0.493 e. The lowest BCUT2D eigenvalue weighted by Gasteiger charge is -2.07. The van der Waals surface area contributed by atoms with E-state index in [0.717, 1.165) is 22.6 Å². The van der Waals surface area contributed by atoms with Crippen LogP contribution in [0.15, 0.2) is 48.7 Å². The first-order chi connectivity index (χ1) is 12.6. The molecule has 0 saturated carbocycles. The van der Waals surface area contributed by atoms with Crippen LogP contribution in [0.4, 0.5) is 0 Å². The largest absolute Gasteiger partial charge is 0.493 e. The molecule has 0 atom stereocenters. The Morgan fingerprint density at radius 1 is 1.15 bits per heavy atom. The minimum absolute atomic E-state index is 0.159. The van der Waals surface area contributed by atoms with Crippen molar-refractivity contribution in [2.45, 2.75) is 13.5 Å². The molecule has 3 aromatic rings. The molecule has 2 aromatic heterocycles. The SMILES string of the molecule is COc1ccc(/C=C/C(=O)OCc2c(C)nc3ccccn23)cc1OC. The Bertz CT molecular complexity index is 960. The van der Waals surface area contributed by atoms with E-state index < -0.39 is 5.97 Å². The fraction of sp³-hybridized carbons (Fsp3) is 0.200. The molecule has 0 amide bonds. The Labute approximate surface area is 151 Å². The monoisotopic (exact) mass is 352 g/mol. The maximum Gasteiger partial charge on any atom is 0.331 e. The number of rotatable bonds is 6. The van der Waals surface area contributed by atoms with Crippen LogP contribution in [0.25, 0.3) is 11.7 Å². The van der Waals surface area contributed by atoms with Gasteiger partial charge in [0.15, 0.2) is 11.5 Å². The summed E-state index contributed by atoms with van der Waals surface area (Å²) in [7, 11) is 3.14. The van der Waals surface area contributed by atoms with Gasteiger partial charge >= 0.3 is 5.97 Å². The molecule has 0 radical (unpaired) electrons. The van der Waals surface area contributed by atoms with Gasteiger partial charge in [-0.15, -0.1) is 0 Å². The number of carbonyl (C=O) groups is 1. The van der Waals surface area contributed by atoms with Crippen molar-refractivity contribution in [2.24, 2.45) is 0 Å². The van der Waals surface area contributed by atoms with Crippen LogP contribution in [0.3, 0.4) is 0 Å². The smallest absolute Gasteiger partial charge is 0.331 e. The molecule has 0 bridgehead atoms. The second-order valence-electron chi connectivity index (χ2n) is 5.63. The molecule has 26 heavy (non-hydrogen) atoms. The molecule has 0 aliphatic rings. The number of fused-ring (bicyclic) bond motifs is 1. The summed E-state index contributed by atoms with van der Waals surface area (Å²) in [6.45, 7) is 2.06. The number of hydrogen-bond donors (Lipinski definition) is 0. The van der Waals surface area contributed by atoms with Gasteiger partial charge < -0.3 is 18.6 Å². The molecule has 3 rings (SSSR count). The van der Waals surface area contributed by atoms with Crippen molar-refractivity contribution >= 4 is 17.7 Å². The second-order valence-corrected chi connectivity index (χ2v) is 5.63. The van der Waals surface area contributed by atoms with E-state index in [0.29, 0.717) is 11.5 Å². The second kappa shape index (κ2) is 7.74. The van der Waals surface area contributed by atoms with Crippen molar-refractivity contribution in [1.29, 1.82) is 0 Å². The summed E-state index contributed by atoms with van der Waals surface area (Å²) in [4.78, 5) is 16.5. The number of benzene rings is 1. The van der Waals surface area contributed by atoms with Crippen molar-refractivity contribution < 1.29 is 19.0 Å². The van der Waals surface area contributed by atoms with Crippen molar-refractivity contribution in [3.8, 4) is 11.5 Å². The Hall–Kier alpha value is -3.28. The zero-order valence-corrected chi connectivity index (χ0v) is 14.9. The fourth-order valence-corrected chi connectivity index (χ4v) is 2.65. The maximum atomic E-state index is 12.0. The van der Waals surface area contributed by atoms with Crippen molar-refractivity contribution in [1.82, 2.24) is 9.38 Å². The lowest BCUT2D eigenvalue weighted by atomic mass is 10.2. The third-order valence-electron chi connectivity index (χ3n) is 4.00. The third-order valence-corrected chi connectivity index (χ3v) is 4.00. The first-order valence-corrected chi connectivity index (χ1v) is 8.12. The number of methoxy groups -OCH3 is 2. The van der Waals surface area contributed by atoms with Gasteiger partial charge in [-0.05, 0) is 42.8 Å². The number of nitrogens with zero attached hydrogens (tertiary/aromatic N) is 2. The Morgan fingerprint density at radius 2 is 1.96 bits per heavy atom. The lowest BCUT2D eigenvalue weighted by molar-refractivity contribution is -0.139. The number of esters is 1. The molecule has 0 aliphatic heterocycles. The molecule has 2 heterocycles. The third kappa shape index (κ3) is 3.69. The number of aromatic nitrogens is 2. The number of carbonyl (C=O) groups excluding carboxylic acids is 1. The summed E-state index contributed by atoms with van der Waals surface area (Å²) < 4.78 is 17.7. The average Bonchev–Trinajstić information content (AvgIpc) is 2.99.